The molecular weight excluding hydrogens is 324 g/mol. The average molecular weight is 342 g/mol. The summed E-state index contributed by atoms with van der Waals surface area (Å²) in [4.78, 5) is 17.2. The van der Waals surface area contributed by atoms with Crippen molar-refractivity contribution in [2.24, 2.45) is 0 Å². The van der Waals surface area contributed by atoms with Gasteiger partial charge in [0.15, 0.2) is 0 Å². The van der Waals surface area contributed by atoms with Crippen molar-refractivity contribution in [2.75, 3.05) is 0 Å². The van der Waals surface area contributed by atoms with Gasteiger partial charge in [-0.3, -0.25) is 4.79 Å². The molecule has 0 unspecified atom stereocenters. The molecule has 0 radical (unpaired) electrons. The molecule has 3 heterocycles. The lowest BCUT2D eigenvalue weighted by Gasteiger charge is -2.02. The van der Waals surface area contributed by atoms with E-state index in [2.05, 4.69) is 10.3 Å². The number of pyridine rings is 1. The van der Waals surface area contributed by atoms with Crippen LogP contribution in [0.3, 0.4) is 0 Å². The van der Waals surface area contributed by atoms with Crippen molar-refractivity contribution < 1.29 is 4.79 Å². The maximum atomic E-state index is 12.6. The van der Waals surface area contributed by atoms with E-state index in [1.54, 1.807) is 6.33 Å². The van der Waals surface area contributed by atoms with Gasteiger partial charge >= 0.3 is 0 Å². The van der Waals surface area contributed by atoms with Gasteiger partial charge in [0.2, 0.25) is 0 Å². The Morgan fingerprint density at radius 3 is 2.69 bits per heavy atom. The van der Waals surface area contributed by atoms with Gasteiger partial charge in [-0.25, -0.2) is 4.98 Å². The summed E-state index contributed by atoms with van der Waals surface area (Å²) in [6.07, 6.45) is 7.92. The number of carbonyl (C=O) groups excluding carboxylic acids is 1. The summed E-state index contributed by atoms with van der Waals surface area (Å²) in [6, 6.07) is 18.2. The molecule has 1 aromatic carbocycles. The third kappa shape index (κ3) is 2.58. The molecule has 0 spiro atoms. The summed E-state index contributed by atoms with van der Waals surface area (Å²) in [7, 11) is 0. The van der Waals surface area contributed by atoms with Crippen LogP contribution in [0.15, 0.2) is 73.3 Å². The minimum absolute atomic E-state index is 0.00931. The zero-order valence-corrected chi connectivity index (χ0v) is 14.2. The van der Waals surface area contributed by atoms with Crippen LogP contribution in [0, 0.1) is 0 Å². The lowest BCUT2D eigenvalue weighted by Crippen LogP contribution is -2.25. The summed E-state index contributed by atoms with van der Waals surface area (Å²) in [5, 5.41) is 3.08. The summed E-state index contributed by atoms with van der Waals surface area (Å²) < 4.78 is 4.01. The molecule has 5 rings (SSSR count). The normalized spacial score (nSPS) is 13.8. The number of nitrogens with one attached hydrogen (secondary N) is 1. The Labute approximate surface area is 150 Å². The first-order valence-corrected chi connectivity index (χ1v) is 8.80. The van der Waals surface area contributed by atoms with Crippen LogP contribution in [-0.4, -0.2) is 25.9 Å². The molecule has 1 aliphatic rings. The van der Waals surface area contributed by atoms with Crippen molar-refractivity contribution in [1.29, 1.82) is 0 Å². The molecule has 1 N–H and O–H groups in total. The number of nitrogens with zero attached hydrogens (tertiary/aromatic N) is 3. The maximum absolute atomic E-state index is 12.6. The molecule has 26 heavy (non-hydrogen) atoms. The molecule has 1 aliphatic carbocycles. The van der Waals surface area contributed by atoms with E-state index >= 15 is 0 Å². The minimum atomic E-state index is -0.00931. The van der Waals surface area contributed by atoms with Crippen LogP contribution in [0.25, 0.3) is 22.6 Å². The second kappa shape index (κ2) is 5.88. The number of rotatable bonds is 4. The van der Waals surface area contributed by atoms with Crippen LogP contribution in [0.2, 0.25) is 0 Å². The highest BCUT2D eigenvalue weighted by molar-refractivity contribution is 6.03. The van der Waals surface area contributed by atoms with Crippen molar-refractivity contribution in [2.45, 2.75) is 18.9 Å². The molecule has 0 atom stereocenters. The fourth-order valence-corrected chi connectivity index (χ4v) is 3.22. The SMILES string of the molecule is O=C(NC1CC1)c1cc(-c2cn(-c3ccccc3)cn2)n2ccccc12. The Morgan fingerprint density at radius 2 is 1.88 bits per heavy atom. The summed E-state index contributed by atoms with van der Waals surface area (Å²) >= 11 is 0. The number of fused-ring (bicyclic) bond motifs is 1. The highest BCUT2D eigenvalue weighted by Gasteiger charge is 2.26. The van der Waals surface area contributed by atoms with Gasteiger partial charge in [0.25, 0.3) is 5.91 Å². The van der Waals surface area contributed by atoms with Gasteiger partial charge < -0.3 is 14.3 Å². The molecular formula is C21H18N4O. The molecule has 5 heteroatoms. The van der Waals surface area contributed by atoms with Crippen molar-refractivity contribution in [1.82, 2.24) is 19.3 Å². The number of amides is 1. The summed E-state index contributed by atoms with van der Waals surface area (Å²) in [5.74, 6) is -0.00931. The number of aromatic nitrogens is 3. The van der Waals surface area contributed by atoms with Gasteiger partial charge in [-0.2, -0.15) is 0 Å². The van der Waals surface area contributed by atoms with Crippen LogP contribution in [-0.2, 0) is 0 Å². The topological polar surface area (TPSA) is 51.3 Å². The van der Waals surface area contributed by atoms with Gasteiger partial charge in [0, 0.05) is 24.1 Å². The molecule has 1 amide bonds. The van der Waals surface area contributed by atoms with E-state index in [1.165, 1.54) is 0 Å². The highest BCUT2D eigenvalue weighted by atomic mass is 16.1. The second-order valence-corrected chi connectivity index (χ2v) is 6.65. The molecule has 0 aliphatic heterocycles. The Hall–Kier alpha value is -3.34. The smallest absolute Gasteiger partial charge is 0.253 e. The van der Waals surface area contributed by atoms with Crippen LogP contribution in [0.4, 0.5) is 0 Å². The number of benzene rings is 1. The molecule has 1 saturated carbocycles. The largest absolute Gasteiger partial charge is 0.349 e. The third-order valence-electron chi connectivity index (χ3n) is 4.73. The van der Waals surface area contributed by atoms with E-state index in [4.69, 9.17) is 0 Å². The molecule has 1 fully saturated rings. The summed E-state index contributed by atoms with van der Waals surface area (Å²) in [5.41, 5.74) is 4.40. The lowest BCUT2D eigenvalue weighted by molar-refractivity contribution is 0.0953. The average Bonchev–Trinajstić information content (AvgIpc) is 3.22. The monoisotopic (exact) mass is 342 g/mol. The molecule has 3 aromatic heterocycles. The molecule has 0 saturated heterocycles. The zero-order chi connectivity index (χ0) is 17.5. The van der Waals surface area contributed by atoms with Crippen LogP contribution in [0.1, 0.15) is 23.2 Å². The van der Waals surface area contributed by atoms with Gasteiger partial charge in [-0.1, -0.05) is 24.3 Å². The lowest BCUT2D eigenvalue weighted by atomic mass is 10.2. The molecule has 128 valence electrons. The maximum Gasteiger partial charge on any atom is 0.253 e. The predicted molar refractivity (Wildman–Crippen MR) is 100 cm³/mol. The van der Waals surface area contributed by atoms with Crippen LogP contribution >= 0.6 is 0 Å². The molecule has 0 bridgehead atoms. The van der Waals surface area contributed by atoms with E-state index in [-0.39, 0.29) is 5.91 Å². The van der Waals surface area contributed by atoms with E-state index in [1.807, 2.05) is 76.0 Å². The van der Waals surface area contributed by atoms with Gasteiger partial charge in [-0.15, -0.1) is 0 Å². The summed E-state index contributed by atoms with van der Waals surface area (Å²) in [6.45, 7) is 0. The number of carbonyl (C=O) groups is 1. The van der Waals surface area contributed by atoms with Crippen molar-refractivity contribution in [3.8, 4) is 17.1 Å². The van der Waals surface area contributed by atoms with E-state index in [0.29, 0.717) is 11.6 Å². The van der Waals surface area contributed by atoms with E-state index in [0.717, 1.165) is 35.4 Å². The van der Waals surface area contributed by atoms with E-state index in [9.17, 15) is 4.79 Å². The quantitative estimate of drug-likeness (QED) is 0.615. The van der Waals surface area contributed by atoms with Crippen molar-refractivity contribution >= 4 is 11.4 Å². The highest BCUT2D eigenvalue weighted by Crippen LogP contribution is 2.27. The number of para-hydroxylation sites is 1. The predicted octanol–water partition coefficient (Wildman–Crippen LogP) is 3.68. The first-order valence-electron chi connectivity index (χ1n) is 8.80. The minimum Gasteiger partial charge on any atom is -0.349 e. The van der Waals surface area contributed by atoms with Crippen LogP contribution < -0.4 is 5.32 Å². The Kier molecular flexibility index (Phi) is 3.38. The van der Waals surface area contributed by atoms with Gasteiger partial charge in [0.1, 0.15) is 5.69 Å². The fraction of sp³-hybridized carbons (Fsp3) is 0.143. The van der Waals surface area contributed by atoms with Gasteiger partial charge in [-0.05, 0) is 43.2 Å². The van der Waals surface area contributed by atoms with Crippen molar-refractivity contribution in [3.05, 3.63) is 78.9 Å². The standard InChI is InChI=1S/C21H18N4O/c26-21(23-15-9-10-15)17-12-20(25-11-5-4-8-19(17)25)18-13-24(14-22-18)16-6-2-1-3-7-16/h1-8,11-15H,9-10H2,(H,23,26). The Balaban J connectivity index is 1.59. The van der Waals surface area contributed by atoms with Crippen LogP contribution in [0.5, 0.6) is 0 Å². The third-order valence-corrected chi connectivity index (χ3v) is 4.73. The second-order valence-electron chi connectivity index (χ2n) is 6.65. The molecule has 5 nitrogen and oxygen atoms in total. The Bertz CT molecular complexity index is 1090. The number of hydrogen-bond donors (Lipinski definition) is 1. The fourth-order valence-electron chi connectivity index (χ4n) is 3.22. The van der Waals surface area contributed by atoms with Crippen molar-refractivity contribution in [3.63, 3.8) is 0 Å². The number of imidazole rings is 1. The molecule has 4 aromatic rings. The Morgan fingerprint density at radius 1 is 1.08 bits per heavy atom. The first kappa shape index (κ1) is 15.0. The zero-order valence-electron chi connectivity index (χ0n) is 14.2. The van der Waals surface area contributed by atoms with E-state index < -0.39 is 0 Å². The number of hydrogen-bond acceptors (Lipinski definition) is 2. The van der Waals surface area contributed by atoms with Gasteiger partial charge in [0.05, 0.1) is 23.1 Å². The first-order chi connectivity index (χ1) is 12.8.